The van der Waals surface area contributed by atoms with Gasteiger partial charge >= 0.3 is 0 Å². The second-order valence-electron chi connectivity index (χ2n) is 5.78. The molecule has 1 heterocycles. The average molecular weight is 387 g/mol. The quantitative estimate of drug-likeness (QED) is 0.596. The van der Waals surface area contributed by atoms with Crippen LogP contribution in [0.2, 0.25) is 5.02 Å². The lowest BCUT2D eigenvalue weighted by atomic mass is 10.1. The predicted octanol–water partition coefficient (Wildman–Crippen LogP) is 4.81. The summed E-state index contributed by atoms with van der Waals surface area (Å²) in [4.78, 5) is 16.8. The van der Waals surface area contributed by atoms with Crippen LogP contribution in [0, 0.1) is 0 Å². The first-order valence-electron chi connectivity index (χ1n) is 8.30. The minimum Gasteiger partial charge on any atom is -0.325 e. The van der Waals surface area contributed by atoms with Gasteiger partial charge in [0.05, 0.1) is 5.25 Å². The van der Waals surface area contributed by atoms with E-state index in [2.05, 4.69) is 39.6 Å². The summed E-state index contributed by atoms with van der Waals surface area (Å²) in [6.45, 7) is 3.94. The van der Waals surface area contributed by atoms with Crippen molar-refractivity contribution in [3.05, 3.63) is 59.1 Å². The lowest BCUT2D eigenvalue weighted by Gasteiger charge is -2.10. The first-order valence-corrected chi connectivity index (χ1v) is 9.55. The molecule has 0 radical (unpaired) electrons. The number of rotatable bonds is 6. The molecule has 5 nitrogen and oxygen atoms in total. The van der Waals surface area contributed by atoms with Crippen LogP contribution in [0.5, 0.6) is 0 Å². The lowest BCUT2D eigenvalue weighted by Crippen LogP contribution is -2.22. The monoisotopic (exact) mass is 386 g/mol. The Morgan fingerprint density at radius 2 is 2.04 bits per heavy atom. The predicted molar refractivity (Wildman–Crippen MR) is 107 cm³/mol. The van der Waals surface area contributed by atoms with Crippen LogP contribution in [-0.2, 0) is 11.2 Å². The number of aryl methyl sites for hydroxylation is 1. The van der Waals surface area contributed by atoms with E-state index in [1.54, 1.807) is 24.3 Å². The number of halogens is 1. The van der Waals surface area contributed by atoms with Crippen molar-refractivity contribution in [2.45, 2.75) is 30.7 Å². The van der Waals surface area contributed by atoms with E-state index in [4.69, 9.17) is 11.6 Å². The van der Waals surface area contributed by atoms with Crippen molar-refractivity contribution in [2.24, 2.45) is 0 Å². The third-order valence-electron chi connectivity index (χ3n) is 3.84. The minimum absolute atomic E-state index is 0.129. The molecule has 0 aliphatic heterocycles. The minimum atomic E-state index is -0.347. The van der Waals surface area contributed by atoms with Crippen molar-refractivity contribution < 1.29 is 4.79 Å². The summed E-state index contributed by atoms with van der Waals surface area (Å²) in [7, 11) is 0. The van der Waals surface area contributed by atoms with E-state index >= 15 is 0 Å². The summed E-state index contributed by atoms with van der Waals surface area (Å²) in [5, 5.41) is 10.7. The number of benzene rings is 2. The number of carbonyl (C=O) groups is 1. The van der Waals surface area contributed by atoms with E-state index < -0.39 is 0 Å². The maximum Gasteiger partial charge on any atom is 0.237 e. The van der Waals surface area contributed by atoms with E-state index in [0.29, 0.717) is 21.7 Å². The standard InChI is InChI=1S/C19H19ClN4OS/c1-3-13-7-9-14(10-8-13)17-22-19(24-23-17)26-12(2)18(25)21-16-6-4-5-15(20)11-16/h4-12H,3H2,1-2H3,(H,21,25)(H,22,23,24)/t12-/m1/s1. The van der Waals surface area contributed by atoms with Crippen molar-refractivity contribution >= 4 is 35.0 Å². The summed E-state index contributed by atoms with van der Waals surface area (Å²) >= 11 is 7.24. The van der Waals surface area contributed by atoms with Crippen LogP contribution in [0.15, 0.2) is 53.7 Å². The molecule has 7 heteroatoms. The second kappa shape index (κ2) is 8.38. The Balaban J connectivity index is 1.63. The molecule has 0 saturated heterocycles. The van der Waals surface area contributed by atoms with Crippen LogP contribution in [0.4, 0.5) is 5.69 Å². The highest BCUT2D eigenvalue weighted by Crippen LogP contribution is 2.24. The van der Waals surface area contributed by atoms with Crippen molar-refractivity contribution in [3.8, 4) is 11.4 Å². The van der Waals surface area contributed by atoms with Gasteiger partial charge in [0.2, 0.25) is 11.1 Å². The van der Waals surface area contributed by atoms with Crippen molar-refractivity contribution in [1.82, 2.24) is 15.2 Å². The van der Waals surface area contributed by atoms with Gasteiger partial charge in [-0.25, -0.2) is 4.98 Å². The van der Waals surface area contributed by atoms with E-state index in [-0.39, 0.29) is 11.2 Å². The van der Waals surface area contributed by atoms with Gasteiger partial charge in [0.25, 0.3) is 0 Å². The summed E-state index contributed by atoms with van der Waals surface area (Å²) in [6.07, 6.45) is 0.997. The first kappa shape index (κ1) is 18.5. The summed E-state index contributed by atoms with van der Waals surface area (Å²) in [6, 6.07) is 15.2. The Morgan fingerprint density at radius 3 is 2.73 bits per heavy atom. The molecule has 3 aromatic rings. The summed E-state index contributed by atoms with van der Waals surface area (Å²) < 4.78 is 0. The number of hydrogen-bond donors (Lipinski definition) is 2. The molecule has 3 rings (SSSR count). The SMILES string of the molecule is CCc1ccc(-c2nc(S[C@H](C)C(=O)Nc3cccc(Cl)c3)n[nH]2)cc1. The van der Waals surface area contributed by atoms with Gasteiger partial charge in [0.15, 0.2) is 5.82 Å². The number of thioether (sulfide) groups is 1. The van der Waals surface area contributed by atoms with Crippen LogP contribution in [0.25, 0.3) is 11.4 Å². The fourth-order valence-corrected chi connectivity index (χ4v) is 3.26. The average Bonchev–Trinajstić information content (AvgIpc) is 3.10. The highest BCUT2D eigenvalue weighted by molar-refractivity contribution is 8.00. The van der Waals surface area contributed by atoms with E-state index in [1.165, 1.54) is 17.3 Å². The second-order valence-corrected chi connectivity index (χ2v) is 7.52. The van der Waals surface area contributed by atoms with Gasteiger partial charge in [-0.1, -0.05) is 60.6 Å². The molecule has 2 N–H and O–H groups in total. The molecule has 0 aliphatic carbocycles. The van der Waals surface area contributed by atoms with Gasteiger partial charge in [-0.3, -0.25) is 9.89 Å². The number of anilines is 1. The van der Waals surface area contributed by atoms with Gasteiger partial charge in [-0.05, 0) is 37.1 Å². The zero-order chi connectivity index (χ0) is 18.5. The van der Waals surface area contributed by atoms with E-state index in [9.17, 15) is 4.79 Å². The number of hydrogen-bond acceptors (Lipinski definition) is 4. The van der Waals surface area contributed by atoms with Crippen LogP contribution in [0.3, 0.4) is 0 Å². The number of nitrogens with zero attached hydrogens (tertiary/aromatic N) is 2. The normalized spacial score (nSPS) is 12.0. The highest BCUT2D eigenvalue weighted by Gasteiger charge is 2.17. The summed E-state index contributed by atoms with van der Waals surface area (Å²) in [5.74, 6) is 0.563. The van der Waals surface area contributed by atoms with Gasteiger partial charge in [0.1, 0.15) is 0 Å². The molecule has 26 heavy (non-hydrogen) atoms. The first-order chi connectivity index (χ1) is 12.5. The zero-order valence-electron chi connectivity index (χ0n) is 14.5. The van der Waals surface area contributed by atoms with Crippen LogP contribution in [-0.4, -0.2) is 26.3 Å². The topological polar surface area (TPSA) is 70.7 Å². The number of amides is 1. The van der Waals surface area contributed by atoms with Gasteiger partial charge in [0, 0.05) is 16.3 Å². The fourth-order valence-electron chi connectivity index (χ4n) is 2.35. The van der Waals surface area contributed by atoms with Gasteiger partial charge in [-0.2, -0.15) is 0 Å². The number of H-pyrrole nitrogens is 1. The van der Waals surface area contributed by atoms with Crippen molar-refractivity contribution in [2.75, 3.05) is 5.32 Å². The van der Waals surface area contributed by atoms with Crippen LogP contribution >= 0.6 is 23.4 Å². The maximum atomic E-state index is 12.3. The largest absolute Gasteiger partial charge is 0.325 e. The highest BCUT2D eigenvalue weighted by atomic mass is 35.5. The molecule has 0 aliphatic rings. The summed E-state index contributed by atoms with van der Waals surface area (Å²) in [5.41, 5.74) is 2.91. The number of aromatic nitrogens is 3. The van der Waals surface area contributed by atoms with Crippen LogP contribution < -0.4 is 5.32 Å². The third kappa shape index (κ3) is 4.65. The Kier molecular flexibility index (Phi) is 5.96. The van der Waals surface area contributed by atoms with E-state index in [0.717, 1.165) is 12.0 Å². The number of aromatic amines is 1. The molecule has 0 spiro atoms. The molecular weight excluding hydrogens is 368 g/mol. The Hall–Kier alpha value is -2.31. The third-order valence-corrected chi connectivity index (χ3v) is 5.04. The number of carbonyl (C=O) groups excluding carboxylic acids is 1. The molecule has 1 amide bonds. The molecule has 1 aromatic heterocycles. The molecule has 1 atom stereocenters. The molecule has 0 saturated carbocycles. The maximum absolute atomic E-state index is 12.3. The molecule has 0 fully saturated rings. The Bertz CT molecular complexity index is 895. The molecule has 2 aromatic carbocycles. The van der Waals surface area contributed by atoms with Gasteiger partial charge < -0.3 is 5.32 Å². The molecule has 0 unspecified atom stereocenters. The van der Waals surface area contributed by atoms with Crippen molar-refractivity contribution in [1.29, 1.82) is 0 Å². The zero-order valence-corrected chi connectivity index (χ0v) is 16.1. The Morgan fingerprint density at radius 1 is 1.27 bits per heavy atom. The van der Waals surface area contributed by atoms with Gasteiger partial charge in [-0.15, -0.1) is 5.10 Å². The lowest BCUT2D eigenvalue weighted by molar-refractivity contribution is -0.115. The Labute approximate surface area is 161 Å². The number of nitrogens with one attached hydrogen (secondary N) is 2. The van der Waals surface area contributed by atoms with Crippen molar-refractivity contribution in [3.63, 3.8) is 0 Å². The molecule has 0 bridgehead atoms. The molecular formula is C19H19ClN4OS. The molecule has 134 valence electrons. The smallest absolute Gasteiger partial charge is 0.237 e. The van der Waals surface area contributed by atoms with E-state index in [1.807, 2.05) is 19.1 Å². The fraction of sp³-hybridized carbons (Fsp3) is 0.211. The van der Waals surface area contributed by atoms with Crippen LogP contribution in [0.1, 0.15) is 19.4 Å².